The zero-order valence-corrected chi connectivity index (χ0v) is 16.2. The SMILES string of the molecule is COc1cc(C)ccc1S(=O)(=O)Nc1cc(-c2ccccc2)sc1C(=O)O. The Morgan fingerprint density at radius 1 is 1.11 bits per heavy atom. The number of sulfonamides is 1. The number of carbonyl (C=O) groups is 1. The fraction of sp³-hybridized carbons (Fsp3) is 0.105. The highest BCUT2D eigenvalue weighted by Gasteiger charge is 2.24. The van der Waals surface area contributed by atoms with E-state index in [-0.39, 0.29) is 21.2 Å². The number of methoxy groups -OCH3 is 1. The number of thiophene rings is 1. The molecule has 6 nitrogen and oxygen atoms in total. The molecule has 3 aromatic rings. The molecular weight excluding hydrogens is 386 g/mol. The summed E-state index contributed by atoms with van der Waals surface area (Å²) in [7, 11) is -2.65. The van der Waals surface area contributed by atoms with E-state index >= 15 is 0 Å². The number of aryl methyl sites for hydroxylation is 1. The molecule has 0 aliphatic rings. The Labute approximate surface area is 161 Å². The average molecular weight is 403 g/mol. The van der Waals surface area contributed by atoms with E-state index in [0.29, 0.717) is 4.88 Å². The summed E-state index contributed by atoms with van der Waals surface area (Å²) in [5, 5.41) is 9.48. The van der Waals surface area contributed by atoms with E-state index in [1.807, 2.05) is 37.3 Å². The van der Waals surface area contributed by atoms with Crippen molar-refractivity contribution in [2.24, 2.45) is 0 Å². The van der Waals surface area contributed by atoms with Crippen LogP contribution in [-0.2, 0) is 10.0 Å². The van der Waals surface area contributed by atoms with Crippen LogP contribution >= 0.6 is 11.3 Å². The maximum absolute atomic E-state index is 12.8. The number of hydrogen-bond donors (Lipinski definition) is 2. The van der Waals surface area contributed by atoms with Gasteiger partial charge in [0.05, 0.1) is 12.8 Å². The second-order valence-corrected chi connectivity index (χ2v) is 8.49. The maximum atomic E-state index is 12.8. The maximum Gasteiger partial charge on any atom is 0.348 e. The Balaban J connectivity index is 2.04. The van der Waals surface area contributed by atoms with Gasteiger partial charge in [0.25, 0.3) is 10.0 Å². The molecule has 0 saturated carbocycles. The first-order valence-corrected chi connectivity index (χ1v) is 10.2. The van der Waals surface area contributed by atoms with Crippen LogP contribution in [0.3, 0.4) is 0 Å². The van der Waals surface area contributed by atoms with Gasteiger partial charge < -0.3 is 9.84 Å². The van der Waals surface area contributed by atoms with Crippen LogP contribution in [0.15, 0.2) is 59.5 Å². The van der Waals surface area contributed by atoms with Gasteiger partial charge in [-0.25, -0.2) is 13.2 Å². The van der Waals surface area contributed by atoms with Crippen molar-refractivity contribution in [1.82, 2.24) is 0 Å². The summed E-state index contributed by atoms with van der Waals surface area (Å²) in [6.45, 7) is 1.82. The zero-order valence-electron chi connectivity index (χ0n) is 14.6. The van der Waals surface area contributed by atoms with Crippen molar-refractivity contribution in [1.29, 1.82) is 0 Å². The van der Waals surface area contributed by atoms with Gasteiger partial charge in [0.15, 0.2) is 0 Å². The minimum atomic E-state index is -4.03. The second kappa shape index (κ2) is 7.42. The number of benzene rings is 2. The fourth-order valence-corrected chi connectivity index (χ4v) is 4.80. The molecule has 27 heavy (non-hydrogen) atoms. The quantitative estimate of drug-likeness (QED) is 0.642. The van der Waals surface area contributed by atoms with E-state index in [9.17, 15) is 18.3 Å². The van der Waals surface area contributed by atoms with Crippen molar-refractivity contribution in [3.63, 3.8) is 0 Å². The van der Waals surface area contributed by atoms with Crippen LogP contribution in [0.25, 0.3) is 10.4 Å². The number of carboxylic acids is 1. The minimum Gasteiger partial charge on any atom is -0.495 e. The largest absolute Gasteiger partial charge is 0.495 e. The van der Waals surface area contributed by atoms with Crippen molar-refractivity contribution in [2.45, 2.75) is 11.8 Å². The lowest BCUT2D eigenvalue weighted by Gasteiger charge is -2.12. The third-order valence-corrected chi connectivity index (χ3v) is 6.41. The molecule has 0 aliphatic carbocycles. The third kappa shape index (κ3) is 3.96. The van der Waals surface area contributed by atoms with E-state index in [1.165, 1.54) is 19.2 Å². The first-order valence-electron chi connectivity index (χ1n) is 7.92. The van der Waals surface area contributed by atoms with Crippen LogP contribution in [0, 0.1) is 6.92 Å². The number of aromatic carboxylic acids is 1. The number of carboxylic acid groups (broad SMARTS) is 1. The van der Waals surface area contributed by atoms with Gasteiger partial charge in [-0.15, -0.1) is 11.3 Å². The first-order chi connectivity index (χ1) is 12.8. The molecule has 0 saturated heterocycles. The predicted molar refractivity (Wildman–Crippen MR) is 105 cm³/mol. The normalized spacial score (nSPS) is 11.2. The fourth-order valence-electron chi connectivity index (χ4n) is 2.57. The second-order valence-electron chi connectivity index (χ2n) is 5.78. The van der Waals surface area contributed by atoms with Gasteiger partial charge in [-0.2, -0.15) is 0 Å². The summed E-state index contributed by atoms with van der Waals surface area (Å²) >= 11 is 1.01. The number of ether oxygens (including phenoxy) is 1. The van der Waals surface area contributed by atoms with Crippen molar-refractivity contribution in [3.05, 3.63) is 65.0 Å². The topological polar surface area (TPSA) is 92.7 Å². The van der Waals surface area contributed by atoms with Crippen LogP contribution in [0.4, 0.5) is 5.69 Å². The summed E-state index contributed by atoms with van der Waals surface area (Å²) in [5.74, 6) is -1.01. The summed E-state index contributed by atoms with van der Waals surface area (Å²) in [6, 6.07) is 15.4. The predicted octanol–water partition coefficient (Wildman–Crippen LogP) is 4.23. The van der Waals surface area contributed by atoms with Crippen LogP contribution in [0.2, 0.25) is 0 Å². The molecular formula is C19H17NO5S2. The molecule has 1 aromatic heterocycles. The Morgan fingerprint density at radius 3 is 2.44 bits per heavy atom. The molecule has 0 amide bonds. The Kier molecular flexibility index (Phi) is 5.20. The number of anilines is 1. The van der Waals surface area contributed by atoms with Gasteiger partial charge in [0.2, 0.25) is 0 Å². The number of rotatable bonds is 6. The van der Waals surface area contributed by atoms with E-state index in [0.717, 1.165) is 22.5 Å². The van der Waals surface area contributed by atoms with E-state index in [1.54, 1.807) is 12.1 Å². The number of hydrogen-bond acceptors (Lipinski definition) is 5. The molecule has 0 spiro atoms. The molecule has 0 aliphatic heterocycles. The summed E-state index contributed by atoms with van der Waals surface area (Å²) in [4.78, 5) is 12.1. The van der Waals surface area contributed by atoms with Gasteiger partial charge in [0, 0.05) is 4.88 Å². The van der Waals surface area contributed by atoms with Crippen molar-refractivity contribution in [2.75, 3.05) is 11.8 Å². The van der Waals surface area contributed by atoms with Gasteiger partial charge in [0.1, 0.15) is 15.5 Å². The molecule has 3 rings (SSSR count). The minimum absolute atomic E-state index is 0.0222. The lowest BCUT2D eigenvalue weighted by atomic mass is 10.2. The zero-order chi connectivity index (χ0) is 19.6. The molecule has 2 N–H and O–H groups in total. The van der Waals surface area contributed by atoms with Crippen LogP contribution < -0.4 is 9.46 Å². The van der Waals surface area contributed by atoms with E-state index < -0.39 is 16.0 Å². The van der Waals surface area contributed by atoms with Gasteiger partial charge >= 0.3 is 5.97 Å². The molecule has 0 atom stereocenters. The molecule has 8 heteroatoms. The Morgan fingerprint density at radius 2 is 1.81 bits per heavy atom. The molecule has 0 fully saturated rings. The lowest BCUT2D eigenvalue weighted by Crippen LogP contribution is -2.15. The van der Waals surface area contributed by atoms with Gasteiger partial charge in [-0.05, 0) is 36.2 Å². The summed E-state index contributed by atoms with van der Waals surface area (Å²) in [6.07, 6.45) is 0. The van der Waals surface area contributed by atoms with Crippen LogP contribution in [-0.4, -0.2) is 26.6 Å². The molecule has 140 valence electrons. The third-order valence-electron chi connectivity index (χ3n) is 3.84. The average Bonchev–Trinajstić information content (AvgIpc) is 3.05. The molecule has 0 radical (unpaired) electrons. The highest BCUT2D eigenvalue weighted by atomic mass is 32.2. The van der Waals surface area contributed by atoms with Gasteiger partial charge in [-0.1, -0.05) is 36.4 Å². The van der Waals surface area contributed by atoms with Crippen LogP contribution in [0.5, 0.6) is 5.75 Å². The lowest BCUT2D eigenvalue weighted by molar-refractivity contribution is 0.0703. The number of nitrogens with one attached hydrogen (secondary N) is 1. The highest BCUT2D eigenvalue weighted by molar-refractivity contribution is 7.92. The molecule has 1 heterocycles. The van der Waals surface area contributed by atoms with E-state index in [2.05, 4.69) is 4.72 Å². The first kappa shape index (κ1) is 18.9. The smallest absolute Gasteiger partial charge is 0.348 e. The highest BCUT2D eigenvalue weighted by Crippen LogP contribution is 2.36. The monoisotopic (exact) mass is 403 g/mol. The molecule has 2 aromatic carbocycles. The Hall–Kier alpha value is -2.84. The van der Waals surface area contributed by atoms with E-state index in [4.69, 9.17) is 4.74 Å². The van der Waals surface area contributed by atoms with Crippen molar-refractivity contribution in [3.8, 4) is 16.2 Å². The Bertz CT molecular complexity index is 1090. The molecule has 0 bridgehead atoms. The van der Waals surface area contributed by atoms with Gasteiger partial charge in [-0.3, -0.25) is 4.72 Å². The van der Waals surface area contributed by atoms with Crippen molar-refractivity contribution < 1.29 is 23.1 Å². The summed E-state index contributed by atoms with van der Waals surface area (Å²) < 4.78 is 33.2. The standard InChI is InChI=1S/C19H17NO5S2/c1-12-8-9-17(15(10-12)25-2)27(23,24)20-14-11-16(26-18(14)19(21)22)13-6-4-3-5-7-13/h3-11,20H,1-2H3,(H,21,22). The van der Waals surface area contributed by atoms with Crippen molar-refractivity contribution >= 4 is 33.0 Å². The molecule has 0 unspecified atom stereocenters. The van der Waals surface area contributed by atoms with Crippen LogP contribution in [0.1, 0.15) is 15.2 Å². The summed E-state index contributed by atoms with van der Waals surface area (Å²) in [5.41, 5.74) is 1.68.